The van der Waals surface area contributed by atoms with Crippen LogP contribution in [0.1, 0.15) is 5.01 Å². The van der Waals surface area contributed by atoms with Crippen molar-refractivity contribution in [2.45, 2.75) is 6.92 Å². The van der Waals surface area contributed by atoms with Gasteiger partial charge in [0.25, 0.3) is 0 Å². The maximum absolute atomic E-state index is 11.6. The van der Waals surface area contributed by atoms with Crippen molar-refractivity contribution in [2.75, 3.05) is 16.4 Å². The Hall–Kier alpha value is -1.11. The molecule has 19 heavy (non-hydrogen) atoms. The molecule has 0 saturated carbocycles. The predicted molar refractivity (Wildman–Crippen MR) is 80.4 cm³/mol. The maximum atomic E-state index is 11.6. The van der Waals surface area contributed by atoms with E-state index in [1.807, 2.05) is 18.4 Å². The summed E-state index contributed by atoms with van der Waals surface area (Å²) in [7, 11) is -3.38. The summed E-state index contributed by atoms with van der Waals surface area (Å²) < 4.78 is 25.8. The van der Waals surface area contributed by atoms with Crippen LogP contribution < -0.4 is 4.72 Å². The van der Waals surface area contributed by atoms with E-state index in [4.69, 9.17) is 11.6 Å². The van der Waals surface area contributed by atoms with Gasteiger partial charge in [-0.2, -0.15) is 0 Å². The first-order valence-corrected chi connectivity index (χ1v) is 8.66. The Morgan fingerprint density at radius 1 is 1.42 bits per heavy atom. The Bertz CT molecular complexity index is 668. The highest BCUT2D eigenvalue weighted by molar-refractivity contribution is 7.92. The zero-order valence-electron chi connectivity index (χ0n) is 10.3. The molecule has 1 N–H and O–H groups in total. The number of hydrogen-bond donors (Lipinski definition) is 1. The molecule has 0 aliphatic carbocycles. The fraction of sp³-hybridized carbons (Fsp3) is 0.250. The summed E-state index contributed by atoms with van der Waals surface area (Å²) in [5.41, 5.74) is 2.25. The number of aromatic nitrogens is 1. The molecule has 2 aromatic rings. The summed E-state index contributed by atoms with van der Waals surface area (Å²) in [5, 5.41) is 2.92. The summed E-state index contributed by atoms with van der Waals surface area (Å²) in [6, 6.07) is 7.16. The third-order valence-electron chi connectivity index (χ3n) is 2.40. The third kappa shape index (κ3) is 3.92. The fourth-order valence-electron chi connectivity index (χ4n) is 1.57. The number of nitrogens with one attached hydrogen (secondary N) is 1. The van der Waals surface area contributed by atoms with Gasteiger partial charge >= 0.3 is 0 Å². The van der Waals surface area contributed by atoms with Gasteiger partial charge in [0.2, 0.25) is 10.0 Å². The maximum Gasteiger partial charge on any atom is 0.233 e. The Balaban J connectivity index is 2.25. The van der Waals surface area contributed by atoms with Crippen LogP contribution in [-0.4, -0.2) is 25.0 Å². The molecule has 0 aliphatic rings. The molecule has 102 valence electrons. The zero-order chi connectivity index (χ0) is 13.9. The smallest absolute Gasteiger partial charge is 0.233 e. The normalized spacial score (nSPS) is 11.5. The minimum Gasteiger partial charge on any atom is -0.283 e. The fourth-order valence-corrected chi connectivity index (χ4v) is 3.59. The topological polar surface area (TPSA) is 59.1 Å². The Morgan fingerprint density at radius 3 is 2.84 bits per heavy atom. The first-order valence-electron chi connectivity index (χ1n) is 5.59. The van der Waals surface area contributed by atoms with Crippen LogP contribution in [0.4, 0.5) is 5.69 Å². The quantitative estimate of drug-likeness (QED) is 0.862. The highest BCUT2D eigenvalue weighted by atomic mass is 35.5. The Labute approximate surface area is 121 Å². The van der Waals surface area contributed by atoms with E-state index in [-0.39, 0.29) is 11.6 Å². The van der Waals surface area contributed by atoms with Gasteiger partial charge in [-0.05, 0) is 19.1 Å². The molecule has 7 heteroatoms. The van der Waals surface area contributed by atoms with Crippen molar-refractivity contribution in [3.63, 3.8) is 0 Å². The van der Waals surface area contributed by atoms with E-state index in [0.717, 1.165) is 16.3 Å². The molecule has 0 radical (unpaired) electrons. The van der Waals surface area contributed by atoms with Crippen LogP contribution in [0.15, 0.2) is 29.6 Å². The SMILES string of the molecule is Cc1nc(-c2cccc(NS(=O)(=O)CCCl)c2)cs1. The number of hydrogen-bond acceptors (Lipinski definition) is 4. The van der Waals surface area contributed by atoms with Crippen LogP contribution >= 0.6 is 22.9 Å². The lowest BCUT2D eigenvalue weighted by Crippen LogP contribution is -2.17. The van der Waals surface area contributed by atoms with Crippen molar-refractivity contribution in [3.8, 4) is 11.3 Å². The van der Waals surface area contributed by atoms with Crippen LogP contribution in [0, 0.1) is 6.92 Å². The number of rotatable bonds is 5. The summed E-state index contributed by atoms with van der Waals surface area (Å²) >= 11 is 7.01. The molecule has 1 aromatic carbocycles. The van der Waals surface area contributed by atoms with E-state index < -0.39 is 10.0 Å². The average Bonchev–Trinajstić information content (AvgIpc) is 2.75. The molecule has 0 saturated heterocycles. The van der Waals surface area contributed by atoms with Crippen LogP contribution in [0.5, 0.6) is 0 Å². The molecule has 0 aliphatic heterocycles. The van der Waals surface area contributed by atoms with E-state index in [1.54, 1.807) is 29.5 Å². The van der Waals surface area contributed by atoms with Gasteiger partial charge in [-0.25, -0.2) is 13.4 Å². The van der Waals surface area contributed by atoms with Crippen molar-refractivity contribution >= 4 is 38.6 Å². The second-order valence-corrected chi connectivity index (χ2v) is 7.22. The Morgan fingerprint density at radius 2 is 2.21 bits per heavy atom. The summed E-state index contributed by atoms with van der Waals surface area (Å²) in [6.45, 7) is 1.93. The third-order valence-corrected chi connectivity index (χ3v) is 4.87. The number of anilines is 1. The summed E-state index contributed by atoms with van der Waals surface area (Å²) in [6.07, 6.45) is 0. The van der Waals surface area contributed by atoms with Crippen LogP contribution in [0.25, 0.3) is 11.3 Å². The molecule has 0 fully saturated rings. The molecule has 1 aromatic heterocycles. The van der Waals surface area contributed by atoms with Gasteiger partial charge in [0, 0.05) is 22.5 Å². The second-order valence-electron chi connectivity index (χ2n) is 3.94. The number of alkyl halides is 1. The van der Waals surface area contributed by atoms with E-state index in [9.17, 15) is 8.42 Å². The van der Waals surface area contributed by atoms with Gasteiger partial charge in [0.05, 0.1) is 16.5 Å². The van der Waals surface area contributed by atoms with Crippen molar-refractivity contribution < 1.29 is 8.42 Å². The number of halogens is 1. The standard InChI is InChI=1S/C12H13ClN2O2S2/c1-9-14-12(8-18-9)10-3-2-4-11(7-10)15-19(16,17)6-5-13/h2-4,7-8,15H,5-6H2,1H3. The lowest BCUT2D eigenvalue weighted by molar-refractivity contribution is 0.602. The van der Waals surface area contributed by atoms with Crippen molar-refractivity contribution in [1.82, 2.24) is 4.98 Å². The molecule has 4 nitrogen and oxygen atoms in total. The van der Waals surface area contributed by atoms with Gasteiger partial charge in [-0.15, -0.1) is 22.9 Å². The molecule has 0 spiro atoms. The lowest BCUT2D eigenvalue weighted by Gasteiger charge is -2.07. The minimum atomic E-state index is -3.38. The number of nitrogens with zero attached hydrogens (tertiary/aromatic N) is 1. The van der Waals surface area contributed by atoms with E-state index >= 15 is 0 Å². The van der Waals surface area contributed by atoms with Crippen LogP contribution in [0.2, 0.25) is 0 Å². The number of aryl methyl sites for hydroxylation is 1. The molecule has 1 heterocycles. The van der Waals surface area contributed by atoms with E-state index in [1.165, 1.54) is 0 Å². The van der Waals surface area contributed by atoms with Gasteiger partial charge in [0.15, 0.2) is 0 Å². The highest BCUT2D eigenvalue weighted by Gasteiger charge is 2.10. The van der Waals surface area contributed by atoms with Crippen LogP contribution in [0.3, 0.4) is 0 Å². The van der Waals surface area contributed by atoms with Crippen molar-refractivity contribution in [2.24, 2.45) is 0 Å². The summed E-state index contributed by atoms with van der Waals surface area (Å²) in [5.74, 6) is -0.0328. The summed E-state index contributed by atoms with van der Waals surface area (Å²) in [4.78, 5) is 4.38. The molecular formula is C12H13ClN2O2S2. The van der Waals surface area contributed by atoms with Gasteiger partial charge < -0.3 is 0 Å². The lowest BCUT2D eigenvalue weighted by atomic mass is 10.1. The largest absolute Gasteiger partial charge is 0.283 e. The molecule has 2 rings (SSSR count). The number of thiazole rings is 1. The molecule has 0 bridgehead atoms. The zero-order valence-corrected chi connectivity index (χ0v) is 12.6. The number of sulfonamides is 1. The first kappa shape index (κ1) is 14.3. The van der Waals surface area contributed by atoms with Crippen molar-refractivity contribution in [1.29, 1.82) is 0 Å². The average molecular weight is 317 g/mol. The Kier molecular flexibility index (Phi) is 4.44. The molecular weight excluding hydrogens is 304 g/mol. The minimum absolute atomic E-state index is 0.0697. The second kappa shape index (κ2) is 5.90. The predicted octanol–water partition coefficient (Wildman–Crippen LogP) is 3.10. The van der Waals surface area contributed by atoms with Gasteiger partial charge in [-0.3, -0.25) is 4.72 Å². The van der Waals surface area contributed by atoms with Crippen molar-refractivity contribution in [3.05, 3.63) is 34.7 Å². The van der Waals surface area contributed by atoms with Gasteiger partial charge in [-0.1, -0.05) is 12.1 Å². The molecule has 0 unspecified atom stereocenters. The van der Waals surface area contributed by atoms with Crippen LogP contribution in [-0.2, 0) is 10.0 Å². The molecule has 0 atom stereocenters. The monoisotopic (exact) mass is 316 g/mol. The first-order chi connectivity index (χ1) is 9.00. The van der Waals surface area contributed by atoms with E-state index in [2.05, 4.69) is 9.71 Å². The van der Waals surface area contributed by atoms with E-state index in [0.29, 0.717) is 5.69 Å². The molecule has 0 amide bonds. The number of benzene rings is 1. The van der Waals surface area contributed by atoms with Gasteiger partial charge in [0.1, 0.15) is 0 Å². The highest BCUT2D eigenvalue weighted by Crippen LogP contribution is 2.24.